The van der Waals surface area contributed by atoms with E-state index in [1.165, 1.54) is 23.6 Å². The number of halogens is 1. The molecule has 2 rings (SSSR count). The minimum atomic E-state index is -3.57. The van der Waals surface area contributed by atoms with E-state index in [1.54, 1.807) is 4.57 Å². The van der Waals surface area contributed by atoms with Crippen LogP contribution in [0.5, 0.6) is 0 Å². The number of thiophene rings is 1. The maximum Gasteiger partial charge on any atom is 0.242 e. The zero-order chi connectivity index (χ0) is 14.8. The van der Waals surface area contributed by atoms with Gasteiger partial charge in [0.05, 0.1) is 11.5 Å². The highest BCUT2D eigenvalue weighted by molar-refractivity contribution is 9.10. The Morgan fingerprint density at radius 3 is 2.75 bits per heavy atom. The minimum Gasteiger partial charge on any atom is -0.390 e. The Bertz CT molecular complexity index is 670. The molecule has 5 nitrogen and oxygen atoms in total. The quantitative estimate of drug-likeness (QED) is 0.809. The molecule has 110 valence electrons. The third-order valence-corrected chi connectivity index (χ3v) is 6.18. The van der Waals surface area contributed by atoms with E-state index < -0.39 is 10.0 Å². The molecular formula is C12H15BrN2O3S2. The predicted molar refractivity (Wildman–Crippen MR) is 82.1 cm³/mol. The predicted octanol–water partition coefficient (Wildman–Crippen LogP) is 2.30. The number of hydrogen-bond donors (Lipinski definition) is 2. The molecule has 0 saturated carbocycles. The SMILES string of the molecule is CCn1cc(S(=O)(=O)NCc2sccc2Br)cc1CO. The van der Waals surface area contributed by atoms with Crippen molar-refractivity contribution in [3.63, 3.8) is 0 Å². The molecule has 0 aliphatic rings. The van der Waals surface area contributed by atoms with Gasteiger partial charge < -0.3 is 9.67 Å². The van der Waals surface area contributed by atoms with E-state index in [9.17, 15) is 13.5 Å². The zero-order valence-electron chi connectivity index (χ0n) is 10.8. The first kappa shape index (κ1) is 15.7. The number of aromatic nitrogens is 1. The van der Waals surface area contributed by atoms with Gasteiger partial charge in [-0.3, -0.25) is 0 Å². The maximum absolute atomic E-state index is 12.2. The number of hydrogen-bond acceptors (Lipinski definition) is 4. The Balaban J connectivity index is 2.18. The number of aliphatic hydroxyl groups is 1. The lowest BCUT2D eigenvalue weighted by Gasteiger charge is -2.04. The van der Waals surface area contributed by atoms with Gasteiger partial charge in [0.2, 0.25) is 10.0 Å². The third kappa shape index (κ3) is 3.32. The van der Waals surface area contributed by atoms with Gasteiger partial charge in [-0.1, -0.05) is 0 Å². The van der Waals surface area contributed by atoms with Crippen molar-refractivity contribution < 1.29 is 13.5 Å². The van der Waals surface area contributed by atoms with Gasteiger partial charge in [-0.25, -0.2) is 13.1 Å². The first-order valence-electron chi connectivity index (χ1n) is 5.99. The van der Waals surface area contributed by atoms with Crippen LogP contribution in [-0.2, 0) is 29.7 Å². The molecule has 2 aromatic heterocycles. The van der Waals surface area contributed by atoms with Crippen LogP contribution in [-0.4, -0.2) is 18.1 Å². The maximum atomic E-state index is 12.2. The average molecular weight is 379 g/mol. The van der Waals surface area contributed by atoms with Gasteiger partial charge in [0.1, 0.15) is 0 Å². The van der Waals surface area contributed by atoms with Crippen molar-refractivity contribution in [2.24, 2.45) is 0 Å². The number of aryl methyl sites for hydroxylation is 1. The summed E-state index contributed by atoms with van der Waals surface area (Å²) in [4.78, 5) is 1.10. The van der Waals surface area contributed by atoms with Crippen molar-refractivity contribution in [3.05, 3.63) is 38.8 Å². The van der Waals surface area contributed by atoms with Gasteiger partial charge in [0, 0.05) is 34.3 Å². The van der Waals surface area contributed by atoms with Gasteiger partial charge in [-0.05, 0) is 40.4 Å². The Labute approximate surface area is 130 Å². The summed E-state index contributed by atoms with van der Waals surface area (Å²) in [6, 6.07) is 3.38. The van der Waals surface area contributed by atoms with E-state index in [2.05, 4.69) is 20.7 Å². The molecule has 0 aliphatic carbocycles. The summed E-state index contributed by atoms with van der Waals surface area (Å²) in [6.07, 6.45) is 1.54. The Morgan fingerprint density at radius 1 is 1.50 bits per heavy atom. The Morgan fingerprint density at radius 2 is 2.25 bits per heavy atom. The van der Waals surface area contributed by atoms with Gasteiger partial charge >= 0.3 is 0 Å². The minimum absolute atomic E-state index is 0.177. The lowest BCUT2D eigenvalue weighted by molar-refractivity contribution is 0.271. The molecule has 0 unspecified atom stereocenters. The van der Waals surface area contributed by atoms with Crippen LogP contribution in [0.3, 0.4) is 0 Å². The standard InChI is InChI=1S/C12H15BrN2O3S2/c1-2-15-7-10(5-9(15)8-16)20(17,18)14-6-12-11(13)3-4-19-12/h3-5,7,14,16H,2,6,8H2,1H3. The number of nitrogens with zero attached hydrogens (tertiary/aromatic N) is 1. The number of aliphatic hydroxyl groups excluding tert-OH is 1. The van der Waals surface area contributed by atoms with Gasteiger partial charge in [-0.15, -0.1) is 11.3 Å². The summed E-state index contributed by atoms with van der Waals surface area (Å²) in [6.45, 7) is 2.57. The van der Waals surface area contributed by atoms with Gasteiger partial charge in [0.15, 0.2) is 0 Å². The van der Waals surface area contributed by atoms with E-state index in [4.69, 9.17) is 0 Å². The number of nitrogens with one attached hydrogen (secondary N) is 1. The van der Waals surface area contributed by atoms with E-state index in [0.29, 0.717) is 12.2 Å². The first-order valence-corrected chi connectivity index (χ1v) is 9.15. The molecule has 2 heterocycles. The van der Waals surface area contributed by atoms with Crippen molar-refractivity contribution in [1.82, 2.24) is 9.29 Å². The average Bonchev–Trinajstić information content (AvgIpc) is 3.02. The first-order chi connectivity index (χ1) is 9.47. The van der Waals surface area contributed by atoms with Crippen molar-refractivity contribution in [2.75, 3.05) is 0 Å². The molecule has 2 N–H and O–H groups in total. The molecule has 0 aromatic carbocycles. The second kappa shape index (κ2) is 6.40. The molecule has 20 heavy (non-hydrogen) atoms. The van der Waals surface area contributed by atoms with Crippen LogP contribution >= 0.6 is 27.3 Å². The highest BCUT2D eigenvalue weighted by Crippen LogP contribution is 2.23. The molecule has 0 fully saturated rings. The molecule has 0 aliphatic heterocycles. The Kier molecular flexibility index (Phi) is 5.03. The van der Waals surface area contributed by atoms with E-state index in [1.807, 2.05) is 18.4 Å². The van der Waals surface area contributed by atoms with Crippen LogP contribution in [0.25, 0.3) is 0 Å². The smallest absolute Gasteiger partial charge is 0.242 e. The summed E-state index contributed by atoms with van der Waals surface area (Å²) in [7, 11) is -3.57. The molecule has 0 amide bonds. The zero-order valence-corrected chi connectivity index (χ0v) is 14.1. The van der Waals surface area contributed by atoms with Crippen molar-refractivity contribution in [3.8, 4) is 0 Å². The van der Waals surface area contributed by atoms with Crippen LogP contribution in [0.15, 0.2) is 33.1 Å². The van der Waals surface area contributed by atoms with Crippen molar-refractivity contribution >= 4 is 37.3 Å². The van der Waals surface area contributed by atoms with Crippen LogP contribution in [0.1, 0.15) is 17.5 Å². The molecular weight excluding hydrogens is 364 g/mol. The second-order valence-electron chi connectivity index (χ2n) is 4.13. The number of sulfonamides is 1. The molecule has 0 atom stereocenters. The van der Waals surface area contributed by atoms with Crippen molar-refractivity contribution in [1.29, 1.82) is 0 Å². The second-order valence-corrected chi connectivity index (χ2v) is 7.75. The lowest BCUT2D eigenvalue weighted by atomic mass is 10.4. The molecule has 0 saturated heterocycles. The monoisotopic (exact) mass is 378 g/mol. The van der Waals surface area contributed by atoms with E-state index in [0.717, 1.165) is 9.35 Å². The normalized spacial score (nSPS) is 11.9. The van der Waals surface area contributed by atoms with E-state index >= 15 is 0 Å². The largest absolute Gasteiger partial charge is 0.390 e. The van der Waals surface area contributed by atoms with Crippen LogP contribution < -0.4 is 4.72 Å². The molecule has 8 heteroatoms. The van der Waals surface area contributed by atoms with Crippen LogP contribution in [0, 0.1) is 0 Å². The summed E-state index contributed by atoms with van der Waals surface area (Å²) < 4.78 is 29.6. The highest BCUT2D eigenvalue weighted by Gasteiger charge is 2.18. The molecule has 0 spiro atoms. The fourth-order valence-electron chi connectivity index (χ4n) is 1.79. The van der Waals surface area contributed by atoms with E-state index in [-0.39, 0.29) is 18.0 Å². The molecule has 0 radical (unpaired) electrons. The fraction of sp³-hybridized carbons (Fsp3) is 0.333. The molecule has 0 bridgehead atoms. The topological polar surface area (TPSA) is 71.3 Å². The van der Waals surface area contributed by atoms with Crippen LogP contribution in [0.2, 0.25) is 0 Å². The lowest BCUT2D eigenvalue weighted by Crippen LogP contribution is -2.22. The fourth-order valence-corrected chi connectivity index (χ4v) is 4.38. The third-order valence-electron chi connectivity index (χ3n) is 2.89. The van der Waals surface area contributed by atoms with Gasteiger partial charge in [0.25, 0.3) is 0 Å². The summed E-state index contributed by atoms with van der Waals surface area (Å²) >= 11 is 4.85. The highest BCUT2D eigenvalue weighted by atomic mass is 79.9. The van der Waals surface area contributed by atoms with Gasteiger partial charge in [-0.2, -0.15) is 0 Å². The summed E-state index contributed by atoms with van der Waals surface area (Å²) in [5.74, 6) is 0. The molecule has 2 aromatic rings. The Hall–Kier alpha value is -0.670. The number of rotatable bonds is 6. The van der Waals surface area contributed by atoms with Crippen LogP contribution in [0.4, 0.5) is 0 Å². The summed E-state index contributed by atoms with van der Waals surface area (Å²) in [5, 5.41) is 11.1. The van der Waals surface area contributed by atoms with Crippen molar-refractivity contribution in [2.45, 2.75) is 31.5 Å². The summed E-state index contributed by atoms with van der Waals surface area (Å²) in [5.41, 5.74) is 0.588.